The van der Waals surface area contributed by atoms with Crippen molar-refractivity contribution in [3.63, 3.8) is 0 Å². The van der Waals surface area contributed by atoms with Gasteiger partial charge in [-0.3, -0.25) is 9.59 Å². The average Bonchev–Trinajstić information content (AvgIpc) is 1.85. The summed E-state index contributed by atoms with van der Waals surface area (Å²) < 4.78 is 0. The summed E-state index contributed by atoms with van der Waals surface area (Å²) in [7, 11) is 0. The van der Waals surface area contributed by atoms with E-state index in [0.717, 1.165) is 6.42 Å². The third-order valence-corrected chi connectivity index (χ3v) is 0.656. The zero-order chi connectivity index (χ0) is 9.28. The SMILES string of the molecule is O=C(O)CC(=O)O.[CH2-]CCC.[Na+]. The molecule has 0 aromatic rings. The van der Waals surface area contributed by atoms with E-state index in [1.807, 2.05) is 0 Å². The van der Waals surface area contributed by atoms with Crippen LogP contribution in [0.25, 0.3) is 0 Å². The number of hydrogen-bond acceptors (Lipinski definition) is 2. The molecule has 0 spiro atoms. The Labute approximate surface area is 94.3 Å². The second kappa shape index (κ2) is 13.5. The first-order chi connectivity index (χ1) is 5.04. The maximum absolute atomic E-state index is 9.43. The standard InChI is InChI=1S/C4H9.C3H4O4.Na/c1-3-4-2;4-2(5)1-3(6)7;/h1,3-4H2,2H3;1H2,(H,4,5)(H,6,7);/q-1;;+1. The molecule has 0 fully saturated rings. The van der Waals surface area contributed by atoms with Crippen molar-refractivity contribution in [2.24, 2.45) is 0 Å². The molecule has 0 aliphatic heterocycles. The van der Waals surface area contributed by atoms with Gasteiger partial charge in [0.15, 0.2) is 0 Å². The second-order valence-electron chi connectivity index (χ2n) is 1.82. The van der Waals surface area contributed by atoms with E-state index in [9.17, 15) is 9.59 Å². The third-order valence-electron chi connectivity index (χ3n) is 0.656. The molecule has 66 valence electrons. The minimum absolute atomic E-state index is 0. The summed E-state index contributed by atoms with van der Waals surface area (Å²) in [5.41, 5.74) is 0. The summed E-state index contributed by atoms with van der Waals surface area (Å²) >= 11 is 0. The van der Waals surface area contributed by atoms with Crippen LogP contribution in [0.15, 0.2) is 0 Å². The summed E-state index contributed by atoms with van der Waals surface area (Å²) in [5, 5.41) is 15.4. The zero-order valence-electron chi connectivity index (χ0n) is 7.54. The molecular formula is C7H13NaO4. The first-order valence-corrected chi connectivity index (χ1v) is 3.27. The number of rotatable bonds is 3. The molecule has 2 N–H and O–H groups in total. The Balaban J connectivity index is -0.000000142. The molecule has 0 bridgehead atoms. The number of carbonyl (C=O) groups is 2. The maximum Gasteiger partial charge on any atom is 1.00 e. The van der Waals surface area contributed by atoms with Gasteiger partial charge in [-0.15, -0.1) is 0 Å². The van der Waals surface area contributed by atoms with Crippen LogP contribution >= 0.6 is 0 Å². The molecule has 0 aromatic carbocycles. The monoisotopic (exact) mass is 184 g/mol. The molecule has 0 rings (SSSR count). The van der Waals surface area contributed by atoms with Crippen LogP contribution in [-0.2, 0) is 9.59 Å². The Kier molecular flexibility index (Phi) is 20.2. The second-order valence-corrected chi connectivity index (χ2v) is 1.82. The van der Waals surface area contributed by atoms with Gasteiger partial charge in [-0.05, 0) is 0 Å². The van der Waals surface area contributed by atoms with Gasteiger partial charge in [-0.1, -0.05) is 13.3 Å². The molecule has 0 aromatic heterocycles. The van der Waals surface area contributed by atoms with Crippen LogP contribution in [0.4, 0.5) is 0 Å². The summed E-state index contributed by atoms with van der Waals surface area (Å²) in [6.45, 7) is 5.72. The first-order valence-electron chi connectivity index (χ1n) is 3.27. The van der Waals surface area contributed by atoms with Gasteiger partial charge in [0.2, 0.25) is 0 Å². The smallest absolute Gasteiger partial charge is 0.481 e. The summed E-state index contributed by atoms with van der Waals surface area (Å²) in [6, 6.07) is 0. The van der Waals surface area contributed by atoms with Crippen molar-refractivity contribution in [1.82, 2.24) is 0 Å². The maximum atomic E-state index is 9.43. The molecular weight excluding hydrogens is 171 g/mol. The topological polar surface area (TPSA) is 74.6 Å². The molecule has 0 saturated heterocycles. The van der Waals surface area contributed by atoms with Gasteiger partial charge in [0.05, 0.1) is 0 Å². The number of carboxylic acids is 2. The van der Waals surface area contributed by atoms with Crippen LogP contribution in [0.1, 0.15) is 26.2 Å². The van der Waals surface area contributed by atoms with Crippen molar-refractivity contribution in [2.45, 2.75) is 26.2 Å². The average molecular weight is 184 g/mol. The van der Waals surface area contributed by atoms with Gasteiger partial charge in [-0.25, -0.2) is 0 Å². The molecule has 0 radical (unpaired) electrons. The Morgan fingerprint density at radius 3 is 1.50 bits per heavy atom. The molecule has 0 amide bonds. The molecule has 0 aliphatic rings. The summed E-state index contributed by atoms with van der Waals surface area (Å²) in [4.78, 5) is 18.9. The molecule has 0 saturated carbocycles. The Morgan fingerprint density at radius 1 is 1.25 bits per heavy atom. The fraction of sp³-hybridized carbons (Fsp3) is 0.571. The predicted octanol–water partition coefficient (Wildman–Crippen LogP) is -1.83. The van der Waals surface area contributed by atoms with Crippen molar-refractivity contribution >= 4 is 11.9 Å². The third kappa shape index (κ3) is 32.6. The Morgan fingerprint density at radius 2 is 1.50 bits per heavy atom. The first kappa shape index (κ1) is 17.9. The molecule has 0 aliphatic carbocycles. The van der Waals surface area contributed by atoms with Crippen molar-refractivity contribution in [2.75, 3.05) is 0 Å². The van der Waals surface area contributed by atoms with Crippen molar-refractivity contribution in [3.05, 3.63) is 6.92 Å². The molecule has 4 nitrogen and oxygen atoms in total. The number of hydrogen-bond donors (Lipinski definition) is 2. The molecule has 12 heavy (non-hydrogen) atoms. The normalized spacial score (nSPS) is 7.17. The van der Waals surface area contributed by atoms with Crippen molar-refractivity contribution in [3.8, 4) is 0 Å². The fourth-order valence-electron chi connectivity index (χ4n) is 0.129. The van der Waals surface area contributed by atoms with E-state index in [1.165, 1.54) is 6.42 Å². The van der Waals surface area contributed by atoms with Crippen molar-refractivity contribution in [1.29, 1.82) is 0 Å². The van der Waals surface area contributed by atoms with Gasteiger partial charge >= 0.3 is 41.5 Å². The minimum atomic E-state index is -1.31. The van der Waals surface area contributed by atoms with Gasteiger partial charge in [0.25, 0.3) is 0 Å². The Hall–Kier alpha value is -0.0600. The molecule has 0 unspecified atom stereocenters. The molecule has 0 heterocycles. The Bertz CT molecular complexity index is 111. The van der Waals surface area contributed by atoms with Crippen LogP contribution in [0.5, 0.6) is 0 Å². The number of unbranched alkanes of at least 4 members (excludes halogenated alkanes) is 1. The van der Waals surface area contributed by atoms with Gasteiger partial charge in [0.1, 0.15) is 6.42 Å². The van der Waals surface area contributed by atoms with E-state index in [1.54, 1.807) is 0 Å². The van der Waals surface area contributed by atoms with Crippen LogP contribution in [0.3, 0.4) is 0 Å². The van der Waals surface area contributed by atoms with E-state index in [4.69, 9.17) is 10.2 Å². The fourth-order valence-corrected chi connectivity index (χ4v) is 0.129. The minimum Gasteiger partial charge on any atom is -0.481 e. The van der Waals surface area contributed by atoms with Gasteiger partial charge in [0, 0.05) is 0 Å². The van der Waals surface area contributed by atoms with E-state index >= 15 is 0 Å². The van der Waals surface area contributed by atoms with Gasteiger partial charge < -0.3 is 17.1 Å². The molecule has 0 atom stereocenters. The summed E-state index contributed by atoms with van der Waals surface area (Å²) in [5.74, 6) is -2.62. The number of aliphatic carboxylic acids is 2. The van der Waals surface area contributed by atoms with E-state index in [-0.39, 0.29) is 29.6 Å². The van der Waals surface area contributed by atoms with E-state index in [2.05, 4.69) is 13.8 Å². The van der Waals surface area contributed by atoms with Gasteiger partial charge in [-0.2, -0.15) is 6.42 Å². The van der Waals surface area contributed by atoms with Crippen LogP contribution in [-0.4, -0.2) is 22.2 Å². The summed E-state index contributed by atoms with van der Waals surface area (Å²) in [6.07, 6.45) is 1.47. The van der Waals surface area contributed by atoms with Crippen LogP contribution in [0, 0.1) is 6.92 Å². The largest absolute Gasteiger partial charge is 1.00 e. The van der Waals surface area contributed by atoms with Crippen LogP contribution < -0.4 is 29.6 Å². The quantitative estimate of drug-likeness (QED) is 0.307. The van der Waals surface area contributed by atoms with E-state index in [0.29, 0.717) is 0 Å². The van der Waals surface area contributed by atoms with Crippen molar-refractivity contribution < 1.29 is 49.4 Å². The zero-order valence-corrected chi connectivity index (χ0v) is 9.54. The predicted molar refractivity (Wildman–Crippen MR) is 40.2 cm³/mol. The molecule has 5 heteroatoms. The number of carboxylic acid groups (broad SMARTS) is 2. The van der Waals surface area contributed by atoms with Crippen LogP contribution in [0.2, 0.25) is 0 Å². The van der Waals surface area contributed by atoms with E-state index < -0.39 is 18.4 Å².